The van der Waals surface area contributed by atoms with Crippen LogP contribution in [0.1, 0.15) is 37.1 Å². The van der Waals surface area contributed by atoms with Crippen molar-refractivity contribution in [2.75, 3.05) is 13.1 Å². The van der Waals surface area contributed by atoms with Gasteiger partial charge in [0.05, 0.1) is 6.42 Å². The lowest BCUT2D eigenvalue weighted by Gasteiger charge is -2.35. The molecule has 1 amide bonds. The van der Waals surface area contributed by atoms with E-state index in [4.69, 9.17) is 5.26 Å². The summed E-state index contributed by atoms with van der Waals surface area (Å²) in [5, 5.41) is 11.8. The zero-order chi connectivity index (χ0) is 17.4. The van der Waals surface area contributed by atoms with Gasteiger partial charge in [0.2, 0.25) is 5.91 Å². The zero-order valence-electron chi connectivity index (χ0n) is 14.2. The van der Waals surface area contributed by atoms with Gasteiger partial charge in [0.25, 0.3) is 5.56 Å². The van der Waals surface area contributed by atoms with Crippen LogP contribution in [0.25, 0.3) is 5.65 Å². The van der Waals surface area contributed by atoms with E-state index in [1.54, 1.807) is 6.92 Å². The third-order valence-electron chi connectivity index (χ3n) is 4.63. The van der Waals surface area contributed by atoms with E-state index in [0.717, 1.165) is 19.5 Å². The van der Waals surface area contributed by atoms with E-state index >= 15 is 0 Å². The number of likely N-dealkylation sites (tertiary alicyclic amines) is 1. The molecule has 24 heavy (non-hydrogen) atoms. The van der Waals surface area contributed by atoms with Crippen LogP contribution in [0.5, 0.6) is 0 Å². The molecule has 1 saturated heterocycles. The maximum atomic E-state index is 12.6. The first kappa shape index (κ1) is 16.2. The summed E-state index contributed by atoms with van der Waals surface area (Å²) in [7, 11) is 0. The monoisotopic (exact) mass is 327 g/mol. The molecule has 0 spiro atoms. The van der Waals surface area contributed by atoms with Crippen molar-refractivity contribution >= 4 is 11.6 Å². The number of nitrogens with zero attached hydrogens (tertiary/aromatic N) is 4. The highest BCUT2D eigenvalue weighted by atomic mass is 16.2. The minimum Gasteiger partial charge on any atom is -0.342 e. The standard InChI is InChI=1S/C17H21N5O2/c1-10-4-11(2)9-21(8-10)15(23)5-14-12(3)20-16-13(6-18)7-19-22(16)17(14)24/h7,10-11,19H,4-5,8-9H2,1-3H3/t10-,11+. The predicted molar refractivity (Wildman–Crippen MR) is 88.5 cm³/mol. The largest absolute Gasteiger partial charge is 0.342 e. The molecular formula is C17H21N5O2. The Kier molecular flexibility index (Phi) is 4.14. The van der Waals surface area contributed by atoms with Crippen molar-refractivity contribution < 1.29 is 4.79 Å². The fraction of sp³-hybridized carbons (Fsp3) is 0.529. The number of nitriles is 1. The SMILES string of the molecule is Cc1nc2c(C#N)c[nH]n2c(=O)c1CC(=O)N1C[C@H](C)C[C@H](C)C1. The molecule has 7 heteroatoms. The van der Waals surface area contributed by atoms with Gasteiger partial charge >= 0.3 is 0 Å². The summed E-state index contributed by atoms with van der Waals surface area (Å²) in [6.45, 7) is 7.47. The van der Waals surface area contributed by atoms with Crippen LogP contribution in [0, 0.1) is 30.1 Å². The molecule has 2 atom stereocenters. The molecule has 0 aromatic carbocycles. The number of carbonyl (C=O) groups is 1. The average Bonchev–Trinajstić information content (AvgIpc) is 2.93. The highest BCUT2D eigenvalue weighted by Gasteiger charge is 2.26. The number of amides is 1. The van der Waals surface area contributed by atoms with Crippen molar-refractivity contribution in [3.8, 4) is 6.07 Å². The molecule has 2 aromatic rings. The van der Waals surface area contributed by atoms with Crippen LogP contribution in [0.15, 0.2) is 11.0 Å². The van der Waals surface area contributed by atoms with E-state index in [2.05, 4.69) is 23.9 Å². The van der Waals surface area contributed by atoms with Crippen LogP contribution in [-0.2, 0) is 11.2 Å². The summed E-state index contributed by atoms with van der Waals surface area (Å²) in [5.74, 6) is 0.909. The number of carbonyl (C=O) groups excluding carboxylic acids is 1. The normalized spacial score (nSPS) is 21.0. The highest BCUT2D eigenvalue weighted by Crippen LogP contribution is 2.21. The second-order valence-corrected chi connectivity index (χ2v) is 6.86. The first-order chi connectivity index (χ1) is 11.4. The molecule has 0 unspecified atom stereocenters. The molecule has 7 nitrogen and oxygen atoms in total. The van der Waals surface area contributed by atoms with Gasteiger partial charge in [-0.3, -0.25) is 14.7 Å². The Morgan fingerprint density at radius 3 is 2.71 bits per heavy atom. The van der Waals surface area contributed by atoms with Gasteiger partial charge in [-0.15, -0.1) is 0 Å². The molecule has 0 saturated carbocycles. The molecule has 3 rings (SSSR count). The maximum absolute atomic E-state index is 12.6. The van der Waals surface area contributed by atoms with Gasteiger partial charge in [0.15, 0.2) is 5.65 Å². The fourth-order valence-corrected chi connectivity index (χ4v) is 3.57. The first-order valence-corrected chi connectivity index (χ1v) is 8.18. The minimum atomic E-state index is -0.314. The molecule has 1 aliphatic heterocycles. The molecule has 0 radical (unpaired) electrons. The van der Waals surface area contributed by atoms with Crippen molar-refractivity contribution in [3.05, 3.63) is 33.4 Å². The minimum absolute atomic E-state index is 0.0394. The van der Waals surface area contributed by atoms with Crippen LogP contribution in [0.2, 0.25) is 0 Å². The summed E-state index contributed by atoms with van der Waals surface area (Å²) in [5.41, 5.74) is 1.19. The molecule has 126 valence electrons. The van der Waals surface area contributed by atoms with Crippen molar-refractivity contribution in [1.29, 1.82) is 5.26 Å². The number of nitrogens with one attached hydrogen (secondary N) is 1. The number of hydrogen-bond acceptors (Lipinski definition) is 4. The van der Waals surface area contributed by atoms with Gasteiger partial charge in [0.1, 0.15) is 11.6 Å². The van der Waals surface area contributed by atoms with E-state index in [1.165, 1.54) is 10.7 Å². The summed E-state index contributed by atoms with van der Waals surface area (Å²) in [6, 6.07) is 2.00. The molecule has 1 aliphatic rings. The third kappa shape index (κ3) is 2.80. The van der Waals surface area contributed by atoms with Crippen molar-refractivity contribution in [1.82, 2.24) is 19.5 Å². The van der Waals surface area contributed by atoms with E-state index in [0.29, 0.717) is 34.3 Å². The first-order valence-electron chi connectivity index (χ1n) is 8.18. The second-order valence-electron chi connectivity index (χ2n) is 6.86. The van der Waals surface area contributed by atoms with Gasteiger partial charge in [-0.25, -0.2) is 9.50 Å². The molecule has 0 bridgehead atoms. The molecule has 2 aromatic heterocycles. The van der Waals surface area contributed by atoms with Gasteiger partial charge in [-0.2, -0.15) is 5.26 Å². The summed E-state index contributed by atoms with van der Waals surface area (Å²) in [4.78, 5) is 31.5. The van der Waals surface area contributed by atoms with E-state index in [1.807, 2.05) is 11.0 Å². The van der Waals surface area contributed by atoms with Crippen LogP contribution in [0.3, 0.4) is 0 Å². The lowest BCUT2D eigenvalue weighted by molar-refractivity contribution is -0.133. The molecule has 1 N–H and O–H groups in total. The lowest BCUT2D eigenvalue weighted by Crippen LogP contribution is -2.44. The fourth-order valence-electron chi connectivity index (χ4n) is 3.57. The molecule has 3 heterocycles. The third-order valence-corrected chi connectivity index (χ3v) is 4.63. The summed E-state index contributed by atoms with van der Waals surface area (Å²) in [6.07, 6.45) is 2.61. The summed E-state index contributed by atoms with van der Waals surface area (Å²) >= 11 is 0. The van der Waals surface area contributed by atoms with E-state index in [9.17, 15) is 9.59 Å². The Balaban J connectivity index is 1.91. The van der Waals surface area contributed by atoms with Gasteiger partial charge in [-0.05, 0) is 25.2 Å². The predicted octanol–water partition coefficient (Wildman–Crippen LogP) is 1.25. The molecular weight excluding hydrogens is 306 g/mol. The quantitative estimate of drug-likeness (QED) is 0.898. The molecule has 1 fully saturated rings. The number of aromatic nitrogens is 3. The smallest absolute Gasteiger partial charge is 0.276 e. The van der Waals surface area contributed by atoms with Crippen molar-refractivity contribution in [2.24, 2.45) is 11.8 Å². The van der Waals surface area contributed by atoms with Crippen LogP contribution >= 0.6 is 0 Å². The van der Waals surface area contributed by atoms with Crippen molar-refractivity contribution in [2.45, 2.75) is 33.6 Å². The van der Waals surface area contributed by atoms with Crippen LogP contribution in [-0.4, -0.2) is 38.5 Å². The van der Waals surface area contributed by atoms with Crippen molar-refractivity contribution in [3.63, 3.8) is 0 Å². The van der Waals surface area contributed by atoms with Crippen LogP contribution in [0.4, 0.5) is 0 Å². The van der Waals surface area contributed by atoms with Crippen LogP contribution < -0.4 is 5.56 Å². The highest BCUT2D eigenvalue weighted by molar-refractivity contribution is 5.79. The molecule has 0 aliphatic carbocycles. The summed E-state index contributed by atoms with van der Waals surface area (Å²) < 4.78 is 1.23. The maximum Gasteiger partial charge on any atom is 0.276 e. The van der Waals surface area contributed by atoms with E-state index < -0.39 is 0 Å². The number of aryl methyl sites for hydroxylation is 1. The van der Waals surface area contributed by atoms with E-state index in [-0.39, 0.29) is 17.9 Å². The topological polar surface area (TPSA) is 94.3 Å². The second kappa shape index (κ2) is 6.11. The number of aromatic amines is 1. The Hall–Kier alpha value is -2.62. The Labute approximate surface area is 139 Å². The lowest BCUT2D eigenvalue weighted by atomic mass is 9.91. The number of H-pyrrole nitrogens is 1. The van der Waals surface area contributed by atoms with Gasteiger partial charge < -0.3 is 4.90 Å². The Bertz CT molecular complexity index is 879. The average molecular weight is 327 g/mol. The number of rotatable bonds is 2. The van der Waals surface area contributed by atoms with Gasteiger partial charge in [-0.1, -0.05) is 13.8 Å². The van der Waals surface area contributed by atoms with Gasteiger partial charge in [0, 0.05) is 30.5 Å². The zero-order valence-corrected chi connectivity index (χ0v) is 14.2. The Morgan fingerprint density at radius 1 is 1.42 bits per heavy atom. The number of hydrogen-bond donors (Lipinski definition) is 1. The number of fused-ring (bicyclic) bond motifs is 1. The number of piperidine rings is 1. The Morgan fingerprint density at radius 2 is 2.08 bits per heavy atom.